The van der Waals surface area contributed by atoms with Gasteiger partial charge in [-0.25, -0.2) is 0 Å². The number of benzene rings is 2. The van der Waals surface area contributed by atoms with Crippen molar-refractivity contribution in [2.45, 2.75) is 33.1 Å². The second-order valence-electron chi connectivity index (χ2n) is 5.26. The van der Waals surface area contributed by atoms with E-state index in [-0.39, 0.29) is 0 Å². The van der Waals surface area contributed by atoms with E-state index >= 15 is 0 Å². The molecule has 0 amide bonds. The molecule has 0 unspecified atom stereocenters. The average Bonchev–Trinajstić information content (AvgIpc) is 2.41. The van der Waals surface area contributed by atoms with Gasteiger partial charge in [-0.3, -0.25) is 0 Å². The topological polar surface area (TPSA) is 23.8 Å². The van der Waals surface area contributed by atoms with E-state index in [1.807, 2.05) is 0 Å². The first-order valence-corrected chi connectivity index (χ1v) is 6.68. The first-order valence-electron chi connectivity index (χ1n) is 6.68. The fourth-order valence-corrected chi connectivity index (χ4v) is 2.20. The third-order valence-electron chi connectivity index (χ3n) is 3.51. The van der Waals surface area contributed by atoms with Gasteiger partial charge in [0.15, 0.2) is 0 Å². The smallest absolute Gasteiger partial charge is 0.0669 e. The second kappa shape index (κ2) is 5.71. The van der Waals surface area contributed by atoms with Crippen LogP contribution in [0.5, 0.6) is 0 Å². The Kier molecular flexibility index (Phi) is 4.02. The third-order valence-corrected chi connectivity index (χ3v) is 3.51. The van der Waals surface area contributed by atoms with Gasteiger partial charge in [0.1, 0.15) is 0 Å². The van der Waals surface area contributed by atoms with E-state index < -0.39 is 0 Å². The first-order chi connectivity index (χ1) is 9.11. The molecule has 2 aromatic rings. The van der Waals surface area contributed by atoms with E-state index in [9.17, 15) is 0 Å². The highest BCUT2D eigenvalue weighted by molar-refractivity contribution is 5.66. The van der Waals surface area contributed by atoms with Gasteiger partial charge in [-0.15, -0.1) is 0 Å². The number of aryl methyl sites for hydroxylation is 1. The summed E-state index contributed by atoms with van der Waals surface area (Å²) < 4.78 is 0. The molecule has 0 spiro atoms. The zero-order valence-corrected chi connectivity index (χ0v) is 11.8. The van der Waals surface area contributed by atoms with Crippen molar-refractivity contribution in [1.82, 2.24) is 0 Å². The van der Waals surface area contributed by atoms with Gasteiger partial charge in [-0.2, -0.15) is 5.26 Å². The Morgan fingerprint density at radius 1 is 1.05 bits per heavy atom. The van der Waals surface area contributed by atoms with Crippen LogP contribution in [0, 0.1) is 18.3 Å². The van der Waals surface area contributed by atoms with E-state index in [2.05, 4.69) is 69.3 Å². The number of nitrogens with zero attached hydrogens (tertiary/aromatic N) is 1. The molecule has 2 rings (SSSR count). The van der Waals surface area contributed by atoms with E-state index in [1.54, 1.807) is 0 Å². The van der Waals surface area contributed by atoms with Crippen LogP contribution in [0.15, 0.2) is 42.5 Å². The molecule has 0 aliphatic heterocycles. The van der Waals surface area contributed by atoms with Crippen molar-refractivity contribution >= 4 is 0 Å². The van der Waals surface area contributed by atoms with Crippen molar-refractivity contribution in [2.24, 2.45) is 0 Å². The van der Waals surface area contributed by atoms with Crippen molar-refractivity contribution in [2.75, 3.05) is 0 Å². The van der Waals surface area contributed by atoms with E-state index in [1.165, 1.54) is 22.3 Å². The zero-order chi connectivity index (χ0) is 13.8. The van der Waals surface area contributed by atoms with E-state index in [0.717, 1.165) is 5.56 Å². The summed E-state index contributed by atoms with van der Waals surface area (Å²) in [5, 5.41) is 8.87. The standard InChI is InChI=1S/C18H19N/c1-13(2)15-5-4-6-17(11-15)18-8-7-14(3)16(12-18)9-10-19/h4-8,11-13H,9H2,1-3H3. The monoisotopic (exact) mass is 249 g/mol. The largest absolute Gasteiger partial charge is 0.198 e. The minimum Gasteiger partial charge on any atom is -0.198 e. The van der Waals surface area contributed by atoms with Gasteiger partial charge in [0, 0.05) is 0 Å². The maximum absolute atomic E-state index is 8.87. The van der Waals surface area contributed by atoms with E-state index in [4.69, 9.17) is 5.26 Å². The molecule has 0 aromatic heterocycles. The lowest BCUT2D eigenvalue weighted by Crippen LogP contribution is -1.91. The molecule has 1 heteroatoms. The Morgan fingerprint density at radius 3 is 2.47 bits per heavy atom. The van der Waals surface area contributed by atoms with Crippen LogP contribution < -0.4 is 0 Å². The van der Waals surface area contributed by atoms with Gasteiger partial charge >= 0.3 is 0 Å². The number of nitriles is 1. The molecule has 0 saturated heterocycles. The van der Waals surface area contributed by atoms with Crippen LogP contribution in [-0.4, -0.2) is 0 Å². The SMILES string of the molecule is Cc1ccc(-c2cccc(C(C)C)c2)cc1CC#N. The summed E-state index contributed by atoms with van der Waals surface area (Å²) in [5.41, 5.74) is 6.07. The first kappa shape index (κ1) is 13.4. The molecule has 19 heavy (non-hydrogen) atoms. The average molecular weight is 249 g/mol. The van der Waals surface area contributed by atoms with Crippen LogP contribution in [-0.2, 0) is 6.42 Å². The molecule has 0 aliphatic carbocycles. The van der Waals surface area contributed by atoms with Crippen molar-refractivity contribution < 1.29 is 0 Å². The number of rotatable bonds is 3. The summed E-state index contributed by atoms with van der Waals surface area (Å²) in [7, 11) is 0. The zero-order valence-electron chi connectivity index (χ0n) is 11.8. The predicted octanol–water partition coefficient (Wildman–Crippen LogP) is 4.85. The van der Waals surface area contributed by atoms with Crippen LogP contribution in [0.3, 0.4) is 0 Å². The summed E-state index contributed by atoms with van der Waals surface area (Å²) >= 11 is 0. The predicted molar refractivity (Wildman–Crippen MR) is 80.0 cm³/mol. The Labute approximate surface area is 115 Å². The fraction of sp³-hybridized carbons (Fsp3) is 0.278. The maximum atomic E-state index is 8.87. The molecule has 0 bridgehead atoms. The van der Waals surface area contributed by atoms with Crippen molar-refractivity contribution in [1.29, 1.82) is 5.26 Å². The van der Waals surface area contributed by atoms with Gasteiger partial charge in [0.05, 0.1) is 12.5 Å². The summed E-state index contributed by atoms with van der Waals surface area (Å²) in [4.78, 5) is 0. The Bertz CT molecular complexity index is 618. The Balaban J connectivity index is 2.44. The molecule has 0 N–H and O–H groups in total. The highest BCUT2D eigenvalue weighted by Gasteiger charge is 2.05. The van der Waals surface area contributed by atoms with Gasteiger partial charge in [0.25, 0.3) is 0 Å². The normalized spacial score (nSPS) is 10.5. The van der Waals surface area contributed by atoms with E-state index in [0.29, 0.717) is 12.3 Å². The number of hydrogen-bond donors (Lipinski definition) is 0. The van der Waals surface area contributed by atoms with Gasteiger partial charge in [-0.1, -0.05) is 50.2 Å². The third kappa shape index (κ3) is 3.03. The highest BCUT2D eigenvalue weighted by atomic mass is 14.2. The minimum absolute atomic E-state index is 0.476. The fourth-order valence-electron chi connectivity index (χ4n) is 2.20. The highest BCUT2D eigenvalue weighted by Crippen LogP contribution is 2.26. The van der Waals surface area contributed by atoms with Gasteiger partial charge in [0.2, 0.25) is 0 Å². The Morgan fingerprint density at radius 2 is 1.79 bits per heavy atom. The molecular formula is C18H19N. The summed E-state index contributed by atoms with van der Waals surface area (Å²) in [6.07, 6.45) is 0.476. The summed E-state index contributed by atoms with van der Waals surface area (Å²) in [6.45, 7) is 6.46. The van der Waals surface area contributed by atoms with Crippen molar-refractivity contribution in [3.8, 4) is 17.2 Å². The summed E-state index contributed by atoms with van der Waals surface area (Å²) in [5.74, 6) is 0.531. The molecule has 0 aliphatic rings. The molecule has 1 nitrogen and oxygen atoms in total. The Hall–Kier alpha value is -2.07. The number of hydrogen-bond acceptors (Lipinski definition) is 1. The molecular weight excluding hydrogens is 230 g/mol. The molecule has 96 valence electrons. The van der Waals surface area contributed by atoms with Crippen molar-refractivity contribution in [3.05, 3.63) is 59.2 Å². The molecule has 0 heterocycles. The maximum Gasteiger partial charge on any atom is 0.0669 e. The van der Waals surface area contributed by atoms with Crippen LogP contribution in [0.4, 0.5) is 0 Å². The van der Waals surface area contributed by atoms with Crippen LogP contribution >= 0.6 is 0 Å². The quantitative estimate of drug-likeness (QED) is 0.762. The van der Waals surface area contributed by atoms with Crippen molar-refractivity contribution in [3.63, 3.8) is 0 Å². The summed E-state index contributed by atoms with van der Waals surface area (Å²) in [6, 6.07) is 17.2. The molecule has 0 fully saturated rings. The van der Waals surface area contributed by atoms with Crippen LogP contribution in [0.25, 0.3) is 11.1 Å². The second-order valence-corrected chi connectivity index (χ2v) is 5.26. The minimum atomic E-state index is 0.476. The molecule has 0 radical (unpaired) electrons. The molecule has 2 aromatic carbocycles. The lowest BCUT2D eigenvalue weighted by Gasteiger charge is -2.10. The van der Waals surface area contributed by atoms with Gasteiger partial charge < -0.3 is 0 Å². The van der Waals surface area contributed by atoms with Crippen LogP contribution in [0.2, 0.25) is 0 Å². The lowest BCUT2D eigenvalue weighted by molar-refractivity contribution is 0.867. The molecule has 0 atom stereocenters. The molecule has 0 saturated carbocycles. The van der Waals surface area contributed by atoms with Crippen LogP contribution in [0.1, 0.15) is 36.5 Å². The van der Waals surface area contributed by atoms with Gasteiger partial charge in [-0.05, 0) is 46.7 Å². The lowest BCUT2D eigenvalue weighted by atomic mass is 9.95.